The number of nitrogens with one attached hydrogen (secondary N) is 2. The number of morpholine rings is 1. The molecule has 2 aromatic heterocycles. The number of pyridine rings is 1. The average Bonchev–Trinajstić information content (AvgIpc) is 3.79. The van der Waals surface area contributed by atoms with E-state index in [2.05, 4.69) is 38.9 Å². The van der Waals surface area contributed by atoms with Crippen molar-refractivity contribution in [1.82, 2.24) is 19.8 Å². The number of piperazine rings is 1. The Balaban J connectivity index is 0.988. The number of sulfone groups is 1. The third kappa shape index (κ3) is 11.7. The lowest BCUT2D eigenvalue weighted by Gasteiger charge is -2.39. The molecule has 16 nitrogen and oxygen atoms in total. The highest BCUT2D eigenvalue weighted by Gasteiger charge is 2.34. The predicted octanol–water partition coefficient (Wildman–Crippen LogP) is 8.66. The first-order chi connectivity index (χ1) is 33.3. The van der Waals surface area contributed by atoms with Crippen LogP contribution in [0.15, 0.2) is 89.6 Å². The number of H-pyrrole nitrogens is 1. The first kappa shape index (κ1) is 50.3. The zero-order chi connectivity index (χ0) is 50.0. The van der Waals surface area contributed by atoms with Crippen LogP contribution in [0.2, 0.25) is 5.02 Å². The van der Waals surface area contributed by atoms with Gasteiger partial charge < -0.3 is 34.3 Å². The predicted molar refractivity (Wildman–Crippen MR) is 258 cm³/mol. The fourth-order valence-corrected chi connectivity index (χ4v) is 10.7. The van der Waals surface area contributed by atoms with E-state index in [1.807, 2.05) is 0 Å². The molecule has 1 aliphatic carbocycles. The van der Waals surface area contributed by atoms with Crippen molar-refractivity contribution in [2.75, 3.05) is 88.7 Å². The zero-order valence-corrected chi connectivity index (χ0v) is 40.4. The minimum atomic E-state index is -4.51. The number of ketones is 1. The number of allylic oxidation sites excluding steroid dienone is 1. The van der Waals surface area contributed by atoms with Crippen LogP contribution in [-0.4, -0.2) is 129 Å². The molecule has 21 heteroatoms. The SMILES string of the molecule is COCC(=O)N1CCO[C@@H](CNc2ccc(S(=O)(=O)CC(=O)c3ccc(N4CCN(CC5=C(c6ccc(C(F)(F)F)cc6Cl)CC(C)(C)CC5)CC4)cc3Oc3cnc4[nH]ccc4c3)cc2[N+](=O)[O-])C1. The van der Waals surface area contributed by atoms with Gasteiger partial charge in [-0.2, -0.15) is 13.2 Å². The summed E-state index contributed by atoms with van der Waals surface area (Å²) in [5.41, 5.74) is 2.71. The molecule has 3 aromatic carbocycles. The van der Waals surface area contributed by atoms with Crippen molar-refractivity contribution in [2.45, 2.75) is 50.3 Å². The molecular formula is C49H53ClF3N7O9S. The van der Waals surface area contributed by atoms with Gasteiger partial charge in [0.1, 0.15) is 35.2 Å². The van der Waals surface area contributed by atoms with Crippen LogP contribution in [0.5, 0.6) is 11.5 Å². The van der Waals surface area contributed by atoms with E-state index in [1.54, 1.807) is 35.4 Å². The van der Waals surface area contributed by atoms with Crippen molar-refractivity contribution in [1.29, 1.82) is 0 Å². The Morgan fingerprint density at radius 3 is 2.56 bits per heavy atom. The zero-order valence-electron chi connectivity index (χ0n) is 38.8. The second-order valence-corrected chi connectivity index (χ2v) is 20.9. The van der Waals surface area contributed by atoms with E-state index >= 15 is 0 Å². The molecule has 1 atom stereocenters. The topological polar surface area (TPSA) is 190 Å². The number of nitrogens with zero attached hydrogens (tertiary/aromatic N) is 5. The van der Waals surface area contributed by atoms with Crippen LogP contribution in [0.25, 0.3) is 16.6 Å². The highest BCUT2D eigenvalue weighted by Crippen LogP contribution is 2.46. The number of hydrogen-bond acceptors (Lipinski definition) is 13. The number of benzene rings is 3. The Bertz CT molecular complexity index is 2940. The lowest BCUT2D eigenvalue weighted by Crippen LogP contribution is -2.48. The number of ether oxygens (including phenoxy) is 3. The van der Waals surface area contributed by atoms with Crippen LogP contribution in [0, 0.1) is 15.5 Å². The van der Waals surface area contributed by atoms with Gasteiger partial charge in [0.2, 0.25) is 5.91 Å². The molecule has 372 valence electrons. The third-order valence-corrected chi connectivity index (χ3v) is 14.9. The molecule has 2 saturated heterocycles. The summed E-state index contributed by atoms with van der Waals surface area (Å²) in [6.07, 6.45) is 0.579. The van der Waals surface area contributed by atoms with Crippen LogP contribution in [0.1, 0.15) is 54.6 Å². The Labute approximate surface area is 407 Å². The summed E-state index contributed by atoms with van der Waals surface area (Å²) in [4.78, 5) is 51.0. The quantitative estimate of drug-likeness (QED) is 0.0543. The number of halogens is 4. The largest absolute Gasteiger partial charge is 0.455 e. The summed E-state index contributed by atoms with van der Waals surface area (Å²) in [5, 5.41) is 16.0. The van der Waals surface area contributed by atoms with Crippen LogP contribution < -0.4 is 15.0 Å². The number of alkyl halides is 3. The van der Waals surface area contributed by atoms with Gasteiger partial charge in [0.15, 0.2) is 15.6 Å². The maximum atomic E-state index is 14.1. The minimum absolute atomic E-state index is 0.0277. The van der Waals surface area contributed by atoms with Gasteiger partial charge in [0.25, 0.3) is 5.69 Å². The van der Waals surface area contributed by atoms with Gasteiger partial charge in [-0.1, -0.05) is 37.1 Å². The number of carbonyl (C=O) groups excluding carboxylic acids is 2. The molecule has 0 unspecified atom stereocenters. The van der Waals surface area contributed by atoms with E-state index < -0.39 is 54.7 Å². The lowest BCUT2D eigenvalue weighted by atomic mass is 9.72. The molecule has 0 radical (unpaired) electrons. The summed E-state index contributed by atoms with van der Waals surface area (Å²) in [7, 11) is -3.03. The number of amides is 1. The molecule has 1 amide bonds. The smallest absolute Gasteiger partial charge is 0.416 e. The highest BCUT2D eigenvalue weighted by atomic mass is 35.5. The summed E-state index contributed by atoms with van der Waals surface area (Å²) in [5.74, 6) is -1.66. The minimum Gasteiger partial charge on any atom is -0.455 e. The van der Waals surface area contributed by atoms with E-state index in [0.717, 1.165) is 47.6 Å². The summed E-state index contributed by atoms with van der Waals surface area (Å²) in [6.45, 7) is 8.23. The van der Waals surface area contributed by atoms with Crippen molar-refractivity contribution in [3.05, 3.63) is 117 Å². The Kier molecular flexibility index (Phi) is 14.9. The average molecular weight is 1010 g/mol. The second kappa shape index (κ2) is 20.7. The molecule has 3 aliphatic rings. The van der Waals surface area contributed by atoms with Crippen molar-refractivity contribution in [2.24, 2.45) is 5.41 Å². The number of carbonyl (C=O) groups is 2. The van der Waals surface area contributed by atoms with E-state index in [0.29, 0.717) is 68.3 Å². The molecule has 2 aliphatic heterocycles. The standard InChI is InChI=1S/C49H53ClF3N7O9S/c1-48(2)12-10-32(40(24-48)38-7-4-33(21-41(38)50)49(51,52)53)27-57-14-16-58(17-15-57)34-5-8-39(45(22-34)69-35-20-31-11-13-54-47(31)56-25-35)44(61)30-70(65,66)37-6-9-42(43(23-37)60(63)64)55-26-36-28-59(18-19-68-36)46(62)29-67-3/h4-9,11,13,20-23,25,36,55H,10,12,14-19,24,26-30H2,1-3H3,(H,54,56)/t36-/m0/s1. The summed E-state index contributed by atoms with van der Waals surface area (Å²) < 4.78 is 85.3. The fraction of sp³-hybridized carbons (Fsp3) is 0.408. The van der Waals surface area contributed by atoms with E-state index in [1.165, 1.54) is 37.6 Å². The van der Waals surface area contributed by atoms with Crippen LogP contribution in [0.4, 0.5) is 30.2 Å². The summed E-state index contributed by atoms with van der Waals surface area (Å²) >= 11 is 6.54. The number of anilines is 2. The Hall–Kier alpha value is -6.06. The lowest BCUT2D eigenvalue weighted by molar-refractivity contribution is -0.384. The number of aromatic nitrogens is 2. The fourth-order valence-electron chi connectivity index (χ4n) is 9.13. The molecule has 5 aromatic rings. The Morgan fingerprint density at radius 1 is 1.04 bits per heavy atom. The molecule has 70 heavy (non-hydrogen) atoms. The highest BCUT2D eigenvalue weighted by molar-refractivity contribution is 7.92. The first-order valence-corrected chi connectivity index (χ1v) is 24.8. The molecule has 0 saturated carbocycles. The first-order valence-electron chi connectivity index (χ1n) is 22.7. The molecule has 0 spiro atoms. The molecular weight excluding hydrogens is 955 g/mol. The van der Waals surface area contributed by atoms with Crippen molar-refractivity contribution in [3.8, 4) is 11.5 Å². The maximum absolute atomic E-state index is 14.1. The van der Waals surface area contributed by atoms with E-state index in [-0.39, 0.29) is 59.6 Å². The normalized spacial score (nSPS) is 18.0. The van der Waals surface area contributed by atoms with Gasteiger partial charge in [0, 0.05) is 93.9 Å². The van der Waals surface area contributed by atoms with Crippen molar-refractivity contribution < 1.29 is 50.3 Å². The van der Waals surface area contributed by atoms with Gasteiger partial charge in [-0.15, -0.1) is 0 Å². The van der Waals surface area contributed by atoms with Crippen LogP contribution >= 0.6 is 11.6 Å². The maximum Gasteiger partial charge on any atom is 0.416 e. The second-order valence-electron chi connectivity index (χ2n) is 18.5. The number of nitro benzene ring substituents is 1. The number of aromatic amines is 1. The van der Waals surface area contributed by atoms with Crippen LogP contribution in [-0.2, 0) is 30.3 Å². The Morgan fingerprint density at radius 2 is 1.83 bits per heavy atom. The van der Waals surface area contributed by atoms with E-state index in [4.69, 9.17) is 25.8 Å². The van der Waals surface area contributed by atoms with Gasteiger partial charge >= 0.3 is 6.18 Å². The third-order valence-electron chi connectivity index (χ3n) is 13.0. The van der Waals surface area contributed by atoms with Gasteiger partial charge in [0.05, 0.1) is 39.9 Å². The van der Waals surface area contributed by atoms with Crippen LogP contribution in [0.3, 0.4) is 0 Å². The number of Topliss-reactive ketones (excluding diaryl/α,β-unsaturated/α-hetero) is 1. The molecule has 4 heterocycles. The van der Waals surface area contributed by atoms with Crippen molar-refractivity contribution >= 4 is 66.8 Å². The van der Waals surface area contributed by atoms with Crippen molar-refractivity contribution in [3.63, 3.8) is 0 Å². The molecule has 2 fully saturated rings. The number of methoxy groups -OCH3 is 1. The monoisotopic (exact) mass is 1010 g/mol. The molecule has 0 bridgehead atoms. The van der Waals surface area contributed by atoms with Gasteiger partial charge in [-0.25, -0.2) is 13.4 Å². The number of nitro groups is 1. The van der Waals surface area contributed by atoms with E-state index in [9.17, 15) is 41.3 Å². The molecule has 2 N–H and O–H groups in total. The number of hydrogen-bond donors (Lipinski definition) is 2. The number of rotatable bonds is 16. The van der Waals surface area contributed by atoms with Gasteiger partial charge in [-0.05, 0) is 84.3 Å². The summed E-state index contributed by atoms with van der Waals surface area (Å²) in [6, 6.07) is 15.4. The molecule has 8 rings (SSSR count). The number of fused-ring (bicyclic) bond motifs is 1. The van der Waals surface area contributed by atoms with Gasteiger partial charge in [-0.3, -0.25) is 24.6 Å².